The molecule has 0 radical (unpaired) electrons. The Labute approximate surface area is 124 Å². The van der Waals surface area contributed by atoms with Crippen LogP contribution in [0.25, 0.3) is 0 Å². The van der Waals surface area contributed by atoms with E-state index < -0.39 is 0 Å². The zero-order valence-electron chi connectivity index (χ0n) is 14.4. The second kappa shape index (κ2) is 22.4. The summed E-state index contributed by atoms with van der Waals surface area (Å²) in [5, 5.41) is 0. The van der Waals surface area contributed by atoms with Crippen LogP contribution in [0, 0.1) is 13.8 Å². The van der Waals surface area contributed by atoms with Gasteiger partial charge in [0.25, 0.3) is 0 Å². The maximum absolute atomic E-state index is 2.26. The number of unbranched alkanes of at least 4 members (excludes halogenated alkanes) is 1. The van der Waals surface area contributed by atoms with Crippen LogP contribution in [0.3, 0.4) is 0 Å². The summed E-state index contributed by atoms with van der Waals surface area (Å²) in [6.07, 6.45) is 3.78. The first-order chi connectivity index (χ1) is 8.65. The van der Waals surface area contributed by atoms with Crippen LogP contribution < -0.4 is 0 Å². The Hall–Kier alpha value is -0.780. The van der Waals surface area contributed by atoms with E-state index in [-0.39, 0.29) is 7.43 Å². The van der Waals surface area contributed by atoms with Crippen LogP contribution in [-0.4, -0.2) is 0 Å². The molecule has 0 heterocycles. The smallest absolute Gasteiger partial charge is 0.0307 e. The average Bonchev–Trinajstić information content (AvgIpc) is 2.46. The maximum atomic E-state index is 2.26. The monoisotopic (exact) mass is 268 g/mol. The molecule has 0 fully saturated rings. The molecule has 0 atom stereocenters. The maximum Gasteiger partial charge on any atom is -0.0307 e. The predicted octanol–water partition coefficient (Wildman–Crippen LogP) is 7.36. The van der Waals surface area contributed by atoms with Crippen LogP contribution >= 0.6 is 0 Å². The molecule has 0 amide bonds. The molecule has 116 valence electrons. The summed E-state index contributed by atoms with van der Waals surface area (Å²) >= 11 is 0. The van der Waals surface area contributed by atoms with Gasteiger partial charge in [0, 0.05) is 0 Å². The number of aryl methyl sites for hydroxylation is 3. The molecule has 0 heteroatoms. The Morgan fingerprint density at radius 3 is 1.42 bits per heavy atom. The Morgan fingerprint density at radius 1 is 0.737 bits per heavy atom. The van der Waals surface area contributed by atoms with Crippen molar-refractivity contribution >= 4 is 0 Å². The Morgan fingerprint density at radius 2 is 1.16 bits per heavy atom. The minimum absolute atomic E-state index is 0. The highest BCUT2D eigenvalue weighted by Crippen LogP contribution is 2.09. The highest BCUT2D eigenvalue weighted by atomic mass is 14.0. The third kappa shape index (κ3) is 17.2. The fourth-order valence-corrected chi connectivity index (χ4v) is 1.02. The second-order valence-corrected chi connectivity index (χ2v) is 3.77. The van der Waals surface area contributed by atoms with Gasteiger partial charge in [0.15, 0.2) is 0 Å². The van der Waals surface area contributed by atoms with Crippen molar-refractivity contribution in [3.8, 4) is 0 Å². The highest BCUT2D eigenvalue weighted by Gasteiger charge is 1.92. The molecule has 0 spiro atoms. The van der Waals surface area contributed by atoms with Gasteiger partial charge in [0.1, 0.15) is 0 Å². The molecule has 0 saturated heterocycles. The number of hydrogen-bond acceptors (Lipinski definition) is 0. The summed E-state index contributed by atoms with van der Waals surface area (Å²) in [7, 11) is 0. The van der Waals surface area contributed by atoms with E-state index >= 15 is 0 Å². The molecule has 0 aromatic heterocycles. The van der Waals surface area contributed by atoms with Gasteiger partial charge in [-0.3, -0.25) is 0 Å². The summed E-state index contributed by atoms with van der Waals surface area (Å²) in [6, 6.07) is 6.64. The lowest BCUT2D eigenvalue weighted by atomic mass is 10.1. The molecule has 0 unspecified atom stereocenters. The third-order valence-corrected chi connectivity index (χ3v) is 2.48. The van der Waals surface area contributed by atoms with Crippen molar-refractivity contribution in [2.24, 2.45) is 0 Å². The van der Waals surface area contributed by atoms with E-state index in [1.54, 1.807) is 0 Å². The van der Waals surface area contributed by atoms with Gasteiger partial charge in [-0.1, -0.05) is 86.9 Å². The minimum Gasteiger partial charge on any atom is -0.0776 e. The number of rotatable bonds is 2. The third-order valence-electron chi connectivity index (χ3n) is 2.48. The number of benzene rings is 1. The van der Waals surface area contributed by atoms with Crippen LogP contribution in [0.2, 0.25) is 0 Å². The van der Waals surface area contributed by atoms with E-state index in [2.05, 4.69) is 52.8 Å². The van der Waals surface area contributed by atoms with E-state index in [4.69, 9.17) is 0 Å². The Balaban J connectivity index is -0.000000107. The van der Waals surface area contributed by atoms with E-state index in [0.29, 0.717) is 0 Å². The summed E-state index contributed by atoms with van der Waals surface area (Å²) in [5.74, 6) is 0. The van der Waals surface area contributed by atoms with Crippen LogP contribution in [0.1, 0.15) is 85.4 Å². The van der Waals surface area contributed by atoms with E-state index in [0.717, 1.165) is 6.42 Å². The SMILES string of the molecule is C.CC.CC.CCCC.CCc1ccc(C)c(C)c1. The zero-order chi connectivity index (χ0) is 15.0. The largest absolute Gasteiger partial charge is 0.0776 e. The number of hydrogen-bond donors (Lipinski definition) is 0. The molecular formula is C19H40. The Kier molecular flexibility index (Phi) is 31.5. The van der Waals surface area contributed by atoms with Gasteiger partial charge in [-0.25, -0.2) is 0 Å². The van der Waals surface area contributed by atoms with Gasteiger partial charge in [-0.05, 0) is 37.0 Å². The molecule has 0 aliphatic heterocycles. The first-order valence-electron chi connectivity index (χ1n) is 7.71. The van der Waals surface area contributed by atoms with Crippen molar-refractivity contribution in [3.63, 3.8) is 0 Å². The van der Waals surface area contributed by atoms with Gasteiger partial charge in [0.2, 0.25) is 0 Å². The van der Waals surface area contributed by atoms with Crippen molar-refractivity contribution in [1.29, 1.82) is 0 Å². The molecule has 19 heavy (non-hydrogen) atoms. The molecule has 0 nitrogen and oxygen atoms in total. The fourth-order valence-electron chi connectivity index (χ4n) is 1.02. The predicted molar refractivity (Wildman–Crippen MR) is 95.3 cm³/mol. The van der Waals surface area contributed by atoms with Crippen LogP contribution in [-0.2, 0) is 6.42 Å². The van der Waals surface area contributed by atoms with Crippen LogP contribution in [0.5, 0.6) is 0 Å². The topological polar surface area (TPSA) is 0 Å². The molecular weight excluding hydrogens is 228 g/mol. The molecule has 1 aromatic carbocycles. The first kappa shape index (κ1) is 26.7. The van der Waals surface area contributed by atoms with Gasteiger partial charge < -0.3 is 0 Å². The van der Waals surface area contributed by atoms with Gasteiger partial charge in [0.05, 0.1) is 0 Å². The lowest BCUT2D eigenvalue weighted by Crippen LogP contribution is -1.84. The van der Waals surface area contributed by atoms with E-state index in [9.17, 15) is 0 Å². The first-order valence-corrected chi connectivity index (χ1v) is 7.71. The van der Waals surface area contributed by atoms with Crippen molar-refractivity contribution in [2.45, 2.75) is 89.0 Å². The van der Waals surface area contributed by atoms with Crippen molar-refractivity contribution in [3.05, 3.63) is 34.9 Å². The summed E-state index contributed by atoms with van der Waals surface area (Å²) in [4.78, 5) is 0. The molecule has 1 rings (SSSR count). The lowest BCUT2D eigenvalue weighted by molar-refractivity contribution is 0.886. The van der Waals surface area contributed by atoms with Crippen molar-refractivity contribution in [1.82, 2.24) is 0 Å². The van der Waals surface area contributed by atoms with Crippen molar-refractivity contribution in [2.75, 3.05) is 0 Å². The summed E-state index contributed by atoms with van der Waals surface area (Å²) in [6.45, 7) is 18.9. The summed E-state index contributed by atoms with van der Waals surface area (Å²) in [5.41, 5.74) is 4.22. The lowest BCUT2D eigenvalue weighted by Gasteiger charge is -2.01. The quantitative estimate of drug-likeness (QED) is 0.525. The molecule has 1 aromatic rings. The molecule has 0 aliphatic carbocycles. The highest BCUT2D eigenvalue weighted by molar-refractivity contribution is 5.29. The van der Waals surface area contributed by atoms with Crippen LogP contribution in [0.4, 0.5) is 0 Å². The van der Waals surface area contributed by atoms with Crippen molar-refractivity contribution < 1.29 is 0 Å². The molecule has 0 saturated carbocycles. The minimum atomic E-state index is 0. The van der Waals surface area contributed by atoms with Gasteiger partial charge in [-0.2, -0.15) is 0 Å². The molecule has 0 aliphatic rings. The summed E-state index contributed by atoms with van der Waals surface area (Å²) < 4.78 is 0. The average molecular weight is 269 g/mol. The Bertz CT molecular complexity index is 246. The van der Waals surface area contributed by atoms with Gasteiger partial charge in [-0.15, -0.1) is 0 Å². The fraction of sp³-hybridized carbons (Fsp3) is 0.684. The normalized spacial score (nSPS) is 7.42. The van der Waals surface area contributed by atoms with Gasteiger partial charge >= 0.3 is 0 Å². The van der Waals surface area contributed by atoms with E-state index in [1.165, 1.54) is 29.5 Å². The molecule has 0 bridgehead atoms. The zero-order valence-corrected chi connectivity index (χ0v) is 14.4. The van der Waals surface area contributed by atoms with Crippen LogP contribution in [0.15, 0.2) is 18.2 Å². The van der Waals surface area contributed by atoms with E-state index in [1.807, 2.05) is 27.7 Å². The molecule has 0 N–H and O–H groups in total. The standard InChI is InChI=1S/C10H14.C4H10.2C2H6.CH4/c1-4-10-6-5-8(2)9(3)7-10;1-3-4-2;2*1-2;/h5-7H,4H2,1-3H3;3-4H2,1-2H3;2*1-2H3;1H4. The second-order valence-electron chi connectivity index (χ2n) is 3.77.